The van der Waals surface area contributed by atoms with Crippen LogP contribution in [0.4, 0.5) is 15.6 Å². The van der Waals surface area contributed by atoms with Gasteiger partial charge in [0.15, 0.2) is 5.13 Å². The second-order valence-corrected chi connectivity index (χ2v) is 5.74. The van der Waals surface area contributed by atoms with E-state index >= 15 is 0 Å². The first kappa shape index (κ1) is 15.1. The van der Waals surface area contributed by atoms with E-state index in [0.717, 1.165) is 10.4 Å². The van der Waals surface area contributed by atoms with Crippen molar-refractivity contribution in [3.63, 3.8) is 0 Å². The van der Waals surface area contributed by atoms with Gasteiger partial charge in [-0.1, -0.05) is 47.7 Å². The molecule has 0 saturated heterocycles. The highest BCUT2D eigenvalue weighted by Crippen LogP contribution is 2.28. The molecule has 0 atom stereocenters. The first-order valence-electron chi connectivity index (χ1n) is 6.98. The molecule has 1 heterocycles. The van der Waals surface area contributed by atoms with Crippen LogP contribution in [0.5, 0.6) is 5.75 Å². The van der Waals surface area contributed by atoms with Gasteiger partial charge < -0.3 is 10.1 Å². The highest BCUT2D eigenvalue weighted by Gasteiger charge is 2.08. The monoisotopic (exact) mass is 325 g/mol. The number of ether oxygens (including phenoxy) is 1. The molecule has 2 N–H and O–H groups in total. The average molecular weight is 325 g/mol. The van der Waals surface area contributed by atoms with E-state index in [-0.39, 0.29) is 6.03 Å². The molecule has 1 aromatic heterocycles. The maximum absolute atomic E-state index is 12.0. The van der Waals surface area contributed by atoms with Gasteiger partial charge in [0, 0.05) is 18.0 Å². The van der Waals surface area contributed by atoms with Crippen molar-refractivity contribution in [2.24, 2.45) is 0 Å². The Morgan fingerprint density at radius 1 is 1.09 bits per heavy atom. The summed E-state index contributed by atoms with van der Waals surface area (Å²) in [7, 11) is 1.58. The number of carbonyl (C=O) groups excluding carboxylic acids is 1. The Morgan fingerprint density at radius 2 is 1.91 bits per heavy atom. The number of benzene rings is 2. The van der Waals surface area contributed by atoms with Crippen molar-refractivity contribution in [2.45, 2.75) is 0 Å². The van der Waals surface area contributed by atoms with Crippen molar-refractivity contribution >= 4 is 28.2 Å². The predicted octanol–water partition coefficient (Wildman–Crippen LogP) is 4.46. The van der Waals surface area contributed by atoms with Crippen molar-refractivity contribution in [1.82, 2.24) is 4.98 Å². The lowest BCUT2D eigenvalue weighted by Gasteiger charge is -2.06. The van der Waals surface area contributed by atoms with Crippen molar-refractivity contribution in [2.75, 3.05) is 17.7 Å². The summed E-state index contributed by atoms with van der Waals surface area (Å²) in [6.45, 7) is 0. The van der Waals surface area contributed by atoms with E-state index in [4.69, 9.17) is 4.74 Å². The molecule has 0 fully saturated rings. The molecule has 0 bridgehead atoms. The molecular weight excluding hydrogens is 310 g/mol. The summed E-state index contributed by atoms with van der Waals surface area (Å²) in [6, 6.07) is 16.7. The van der Waals surface area contributed by atoms with Gasteiger partial charge in [-0.15, -0.1) is 0 Å². The van der Waals surface area contributed by atoms with Gasteiger partial charge in [-0.05, 0) is 17.7 Å². The minimum absolute atomic E-state index is 0.341. The molecular formula is C17H15N3O2S. The molecule has 116 valence electrons. The maximum atomic E-state index is 12.0. The Hall–Kier alpha value is -2.86. The summed E-state index contributed by atoms with van der Waals surface area (Å²) in [6.07, 6.45) is 1.75. The maximum Gasteiger partial charge on any atom is 0.325 e. The number of nitrogens with one attached hydrogen (secondary N) is 2. The van der Waals surface area contributed by atoms with Crippen molar-refractivity contribution in [3.8, 4) is 16.2 Å². The van der Waals surface area contributed by atoms with Gasteiger partial charge in [0.1, 0.15) is 5.75 Å². The SMILES string of the molecule is COc1cccc(NC(=O)Nc2ncc(-c3ccccc3)s2)c1. The number of hydrogen-bond donors (Lipinski definition) is 2. The molecule has 6 heteroatoms. The van der Waals surface area contributed by atoms with Crippen LogP contribution in [0.15, 0.2) is 60.8 Å². The van der Waals surface area contributed by atoms with Crippen LogP contribution in [0, 0.1) is 0 Å². The van der Waals surface area contributed by atoms with Gasteiger partial charge in [0.05, 0.1) is 12.0 Å². The molecule has 3 rings (SSSR count). The number of rotatable bonds is 4. The standard InChI is InChI=1S/C17H15N3O2S/c1-22-14-9-5-8-13(10-14)19-16(21)20-17-18-11-15(23-17)12-6-3-2-4-7-12/h2-11H,1H3,(H2,18,19,20,21). The van der Waals surface area contributed by atoms with Crippen LogP contribution in [0.1, 0.15) is 0 Å². The van der Waals surface area contributed by atoms with Crippen LogP contribution >= 0.6 is 11.3 Å². The zero-order valence-corrected chi connectivity index (χ0v) is 13.3. The fraction of sp³-hybridized carbons (Fsp3) is 0.0588. The number of methoxy groups -OCH3 is 1. The number of urea groups is 1. The quantitative estimate of drug-likeness (QED) is 0.744. The lowest BCUT2D eigenvalue weighted by molar-refractivity contribution is 0.262. The van der Waals surface area contributed by atoms with Crippen LogP contribution in [0.25, 0.3) is 10.4 Å². The lowest BCUT2D eigenvalue weighted by atomic mass is 10.2. The summed E-state index contributed by atoms with van der Waals surface area (Å²) in [4.78, 5) is 17.3. The van der Waals surface area contributed by atoms with E-state index in [1.165, 1.54) is 11.3 Å². The van der Waals surface area contributed by atoms with Crippen LogP contribution in [-0.4, -0.2) is 18.1 Å². The number of amides is 2. The van der Waals surface area contributed by atoms with Crippen LogP contribution in [0.2, 0.25) is 0 Å². The van der Waals surface area contributed by atoms with Gasteiger partial charge >= 0.3 is 6.03 Å². The molecule has 2 aromatic carbocycles. The number of nitrogens with zero attached hydrogens (tertiary/aromatic N) is 1. The van der Waals surface area contributed by atoms with Gasteiger partial charge in [0.2, 0.25) is 0 Å². The number of hydrogen-bond acceptors (Lipinski definition) is 4. The lowest BCUT2D eigenvalue weighted by Crippen LogP contribution is -2.19. The van der Waals surface area contributed by atoms with Crippen LogP contribution in [0.3, 0.4) is 0 Å². The minimum Gasteiger partial charge on any atom is -0.497 e. The van der Waals surface area contributed by atoms with Crippen LogP contribution in [-0.2, 0) is 0 Å². The van der Waals surface area contributed by atoms with Crippen molar-refractivity contribution in [3.05, 3.63) is 60.8 Å². The summed E-state index contributed by atoms with van der Waals surface area (Å²) in [5, 5.41) is 6.03. The van der Waals surface area contributed by atoms with E-state index < -0.39 is 0 Å². The molecule has 23 heavy (non-hydrogen) atoms. The molecule has 0 aliphatic heterocycles. The smallest absolute Gasteiger partial charge is 0.325 e. The first-order chi connectivity index (χ1) is 11.2. The summed E-state index contributed by atoms with van der Waals surface area (Å²) in [5.41, 5.74) is 1.73. The third kappa shape index (κ3) is 3.87. The summed E-state index contributed by atoms with van der Waals surface area (Å²) >= 11 is 1.42. The second-order valence-electron chi connectivity index (χ2n) is 4.71. The molecule has 2 amide bonds. The highest BCUT2D eigenvalue weighted by molar-refractivity contribution is 7.19. The fourth-order valence-corrected chi connectivity index (χ4v) is 2.84. The third-order valence-corrected chi connectivity index (χ3v) is 4.07. The highest BCUT2D eigenvalue weighted by atomic mass is 32.1. The Bertz CT molecular complexity index is 802. The molecule has 0 radical (unpaired) electrons. The van der Waals surface area contributed by atoms with Gasteiger partial charge in [0.25, 0.3) is 0 Å². The Kier molecular flexibility index (Phi) is 4.54. The van der Waals surface area contributed by atoms with E-state index in [9.17, 15) is 4.79 Å². The van der Waals surface area contributed by atoms with E-state index in [1.54, 1.807) is 25.4 Å². The fourth-order valence-electron chi connectivity index (χ4n) is 2.03. The first-order valence-corrected chi connectivity index (χ1v) is 7.79. The van der Waals surface area contributed by atoms with Crippen LogP contribution < -0.4 is 15.4 Å². The largest absolute Gasteiger partial charge is 0.497 e. The van der Waals surface area contributed by atoms with E-state index in [1.807, 2.05) is 42.5 Å². The summed E-state index contributed by atoms with van der Waals surface area (Å²) in [5.74, 6) is 0.684. The number of carbonyl (C=O) groups is 1. The van der Waals surface area contributed by atoms with Gasteiger partial charge in [-0.3, -0.25) is 5.32 Å². The third-order valence-electron chi connectivity index (χ3n) is 3.11. The van der Waals surface area contributed by atoms with E-state index in [0.29, 0.717) is 16.6 Å². The molecule has 0 saturated carbocycles. The number of thiazole rings is 1. The van der Waals surface area contributed by atoms with Gasteiger partial charge in [-0.2, -0.15) is 0 Å². The second kappa shape index (κ2) is 6.93. The average Bonchev–Trinajstić information content (AvgIpc) is 3.04. The normalized spacial score (nSPS) is 10.1. The number of aromatic nitrogens is 1. The zero-order chi connectivity index (χ0) is 16.1. The predicted molar refractivity (Wildman–Crippen MR) is 93.2 cm³/mol. The van der Waals surface area contributed by atoms with Crippen molar-refractivity contribution in [1.29, 1.82) is 0 Å². The minimum atomic E-state index is -0.341. The van der Waals surface area contributed by atoms with E-state index in [2.05, 4.69) is 15.6 Å². The zero-order valence-electron chi connectivity index (χ0n) is 12.4. The van der Waals surface area contributed by atoms with Gasteiger partial charge in [-0.25, -0.2) is 9.78 Å². The summed E-state index contributed by atoms with van der Waals surface area (Å²) < 4.78 is 5.13. The van der Waals surface area contributed by atoms with Crippen molar-refractivity contribution < 1.29 is 9.53 Å². The molecule has 0 spiro atoms. The Labute approximate surface area is 138 Å². The topological polar surface area (TPSA) is 63.2 Å². The molecule has 0 unspecified atom stereocenters. The Balaban J connectivity index is 1.65. The number of anilines is 2. The molecule has 0 aliphatic rings. The molecule has 0 aliphatic carbocycles. The molecule has 3 aromatic rings. The molecule has 5 nitrogen and oxygen atoms in total. The Morgan fingerprint density at radius 3 is 2.70 bits per heavy atom.